The standard InChI is InChI=1S/C14H23N3O/c1-9-7-10(2)16-14(13(9)8-15)17-11-3-5-12(18)6-4-11/h7,11-12,18H,3-6,8,15H2,1-2H3,(H,16,17). The number of hydrogen-bond donors (Lipinski definition) is 3. The van der Waals surface area contributed by atoms with E-state index in [1.54, 1.807) is 0 Å². The predicted molar refractivity (Wildman–Crippen MR) is 73.5 cm³/mol. The van der Waals surface area contributed by atoms with Gasteiger partial charge in [-0.25, -0.2) is 4.98 Å². The normalized spacial score (nSPS) is 24.0. The Morgan fingerprint density at radius 3 is 2.61 bits per heavy atom. The lowest BCUT2D eigenvalue weighted by atomic mass is 9.93. The zero-order chi connectivity index (χ0) is 13.1. The number of aromatic nitrogens is 1. The van der Waals surface area contributed by atoms with E-state index in [0.717, 1.165) is 42.8 Å². The Hall–Kier alpha value is -1.13. The molecule has 0 amide bonds. The van der Waals surface area contributed by atoms with Crippen molar-refractivity contribution in [2.75, 3.05) is 5.32 Å². The molecule has 4 heteroatoms. The third-order valence-corrected chi connectivity index (χ3v) is 3.72. The first-order chi connectivity index (χ1) is 8.60. The Labute approximate surface area is 109 Å². The highest BCUT2D eigenvalue weighted by molar-refractivity contribution is 5.50. The van der Waals surface area contributed by atoms with Crippen LogP contribution in [0.1, 0.15) is 42.5 Å². The van der Waals surface area contributed by atoms with Gasteiger partial charge in [0.05, 0.1) is 6.10 Å². The fourth-order valence-corrected chi connectivity index (χ4v) is 2.65. The van der Waals surface area contributed by atoms with Crippen LogP contribution in [0.3, 0.4) is 0 Å². The quantitative estimate of drug-likeness (QED) is 0.765. The van der Waals surface area contributed by atoms with Gasteiger partial charge in [0.1, 0.15) is 5.82 Å². The summed E-state index contributed by atoms with van der Waals surface area (Å²) in [6.07, 6.45) is 3.63. The number of rotatable bonds is 3. The molecule has 0 saturated heterocycles. The number of anilines is 1. The molecule has 1 aromatic rings. The maximum Gasteiger partial charge on any atom is 0.131 e. The number of aryl methyl sites for hydroxylation is 2. The lowest BCUT2D eigenvalue weighted by Gasteiger charge is -2.27. The maximum absolute atomic E-state index is 9.52. The maximum atomic E-state index is 9.52. The molecule has 0 aromatic carbocycles. The van der Waals surface area contributed by atoms with Crippen molar-refractivity contribution in [3.8, 4) is 0 Å². The van der Waals surface area contributed by atoms with Crippen LogP contribution in [0.5, 0.6) is 0 Å². The van der Waals surface area contributed by atoms with E-state index >= 15 is 0 Å². The molecule has 0 unspecified atom stereocenters. The van der Waals surface area contributed by atoms with Gasteiger partial charge in [-0.2, -0.15) is 0 Å². The second-order valence-corrected chi connectivity index (χ2v) is 5.26. The summed E-state index contributed by atoms with van der Waals surface area (Å²) in [6, 6.07) is 2.48. The van der Waals surface area contributed by atoms with Gasteiger partial charge in [-0.1, -0.05) is 0 Å². The van der Waals surface area contributed by atoms with E-state index in [0.29, 0.717) is 12.6 Å². The summed E-state index contributed by atoms with van der Waals surface area (Å²) >= 11 is 0. The number of aliphatic hydroxyl groups excluding tert-OH is 1. The largest absolute Gasteiger partial charge is 0.393 e. The summed E-state index contributed by atoms with van der Waals surface area (Å²) in [6.45, 7) is 4.59. The molecule has 4 N–H and O–H groups in total. The number of nitrogens with two attached hydrogens (primary N) is 1. The van der Waals surface area contributed by atoms with Gasteiger partial charge in [-0.05, 0) is 51.2 Å². The third-order valence-electron chi connectivity index (χ3n) is 3.72. The molecule has 0 spiro atoms. The molecule has 1 aromatic heterocycles. The third kappa shape index (κ3) is 3.00. The molecule has 0 aliphatic heterocycles. The summed E-state index contributed by atoms with van der Waals surface area (Å²) in [5.74, 6) is 0.927. The minimum absolute atomic E-state index is 0.121. The lowest BCUT2D eigenvalue weighted by molar-refractivity contribution is 0.126. The zero-order valence-electron chi connectivity index (χ0n) is 11.2. The van der Waals surface area contributed by atoms with Crippen LogP contribution >= 0.6 is 0 Å². The smallest absolute Gasteiger partial charge is 0.131 e. The average molecular weight is 249 g/mol. The van der Waals surface area contributed by atoms with Gasteiger partial charge in [0.15, 0.2) is 0 Å². The SMILES string of the molecule is Cc1cc(C)c(CN)c(NC2CCC(O)CC2)n1. The summed E-state index contributed by atoms with van der Waals surface area (Å²) in [7, 11) is 0. The van der Waals surface area contributed by atoms with E-state index in [1.807, 2.05) is 6.92 Å². The Bertz CT molecular complexity index is 412. The van der Waals surface area contributed by atoms with Crippen molar-refractivity contribution in [2.24, 2.45) is 5.73 Å². The topological polar surface area (TPSA) is 71.2 Å². The highest BCUT2D eigenvalue weighted by atomic mass is 16.3. The first-order valence-corrected chi connectivity index (χ1v) is 6.72. The van der Waals surface area contributed by atoms with Gasteiger partial charge >= 0.3 is 0 Å². The number of hydrogen-bond acceptors (Lipinski definition) is 4. The van der Waals surface area contributed by atoms with E-state index in [2.05, 4.69) is 23.3 Å². The van der Waals surface area contributed by atoms with Gasteiger partial charge in [-0.3, -0.25) is 0 Å². The second-order valence-electron chi connectivity index (χ2n) is 5.26. The number of aliphatic hydroxyl groups is 1. The molecule has 2 rings (SSSR count). The molecule has 1 aliphatic carbocycles. The van der Waals surface area contributed by atoms with Crippen LogP contribution in [0.4, 0.5) is 5.82 Å². The molecular formula is C14H23N3O. The van der Waals surface area contributed by atoms with Crippen LogP contribution in [0, 0.1) is 13.8 Å². The zero-order valence-corrected chi connectivity index (χ0v) is 11.2. The van der Waals surface area contributed by atoms with Crippen LogP contribution in [0.15, 0.2) is 6.07 Å². The van der Waals surface area contributed by atoms with Crippen LogP contribution in [0.25, 0.3) is 0 Å². The highest BCUT2D eigenvalue weighted by Gasteiger charge is 2.20. The Morgan fingerprint density at radius 1 is 1.33 bits per heavy atom. The summed E-state index contributed by atoms with van der Waals surface area (Å²) in [4.78, 5) is 4.56. The lowest BCUT2D eigenvalue weighted by Crippen LogP contribution is -2.29. The molecule has 18 heavy (non-hydrogen) atoms. The van der Waals surface area contributed by atoms with Crippen molar-refractivity contribution in [3.63, 3.8) is 0 Å². The molecule has 0 radical (unpaired) electrons. The summed E-state index contributed by atoms with van der Waals surface area (Å²) in [5, 5.41) is 13.0. The van der Waals surface area contributed by atoms with Crippen LogP contribution in [0.2, 0.25) is 0 Å². The minimum atomic E-state index is -0.121. The molecule has 0 bridgehead atoms. The van der Waals surface area contributed by atoms with Gasteiger partial charge in [0, 0.05) is 23.8 Å². The number of nitrogens with zero attached hydrogens (tertiary/aromatic N) is 1. The Morgan fingerprint density at radius 2 is 2.00 bits per heavy atom. The van der Waals surface area contributed by atoms with Crippen molar-refractivity contribution in [1.29, 1.82) is 0 Å². The molecule has 100 valence electrons. The summed E-state index contributed by atoms with van der Waals surface area (Å²) in [5.41, 5.74) is 9.13. The van der Waals surface area contributed by atoms with Crippen molar-refractivity contribution in [1.82, 2.24) is 4.98 Å². The molecule has 1 fully saturated rings. The predicted octanol–water partition coefficient (Wildman–Crippen LogP) is 1.87. The fraction of sp³-hybridized carbons (Fsp3) is 0.643. The van der Waals surface area contributed by atoms with Gasteiger partial charge in [0.2, 0.25) is 0 Å². The minimum Gasteiger partial charge on any atom is -0.393 e. The monoisotopic (exact) mass is 249 g/mol. The average Bonchev–Trinajstić information content (AvgIpc) is 2.32. The van der Waals surface area contributed by atoms with Crippen molar-refractivity contribution < 1.29 is 5.11 Å². The van der Waals surface area contributed by atoms with E-state index in [9.17, 15) is 5.11 Å². The fourth-order valence-electron chi connectivity index (χ4n) is 2.65. The Kier molecular flexibility index (Phi) is 4.19. The first kappa shape index (κ1) is 13.3. The second kappa shape index (κ2) is 5.67. The first-order valence-electron chi connectivity index (χ1n) is 6.72. The molecule has 1 aliphatic rings. The van der Waals surface area contributed by atoms with E-state index < -0.39 is 0 Å². The molecule has 0 atom stereocenters. The van der Waals surface area contributed by atoms with E-state index in [4.69, 9.17) is 5.73 Å². The Balaban J connectivity index is 2.13. The van der Waals surface area contributed by atoms with E-state index in [-0.39, 0.29) is 6.10 Å². The molecular weight excluding hydrogens is 226 g/mol. The van der Waals surface area contributed by atoms with Crippen molar-refractivity contribution in [2.45, 2.75) is 58.2 Å². The van der Waals surface area contributed by atoms with Gasteiger partial charge in [-0.15, -0.1) is 0 Å². The van der Waals surface area contributed by atoms with Gasteiger partial charge < -0.3 is 16.2 Å². The summed E-state index contributed by atoms with van der Waals surface area (Å²) < 4.78 is 0. The molecule has 4 nitrogen and oxygen atoms in total. The van der Waals surface area contributed by atoms with Crippen LogP contribution in [-0.4, -0.2) is 22.2 Å². The highest BCUT2D eigenvalue weighted by Crippen LogP contribution is 2.24. The van der Waals surface area contributed by atoms with Crippen LogP contribution < -0.4 is 11.1 Å². The van der Waals surface area contributed by atoms with Gasteiger partial charge in [0.25, 0.3) is 0 Å². The van der Waals surface area contributed by atoms with Crippen LogP contribution in [-0.2, 0) is 6.54 Å². The molecule has 1 heterocycles. The molecule has 1 saturated carbocycles. The van der Waals surface area contributed by atoms with E-state index in [1.165, 1.54) is 5.56 Å². The van der Waals surface area contributed by atoms with Crippen molar-refractivity contribution in [3.05, 3.63) is 22.9 Å². The number of pyridine rings is 1. The number of nitrogens with one attached hydrogen (secondary N) is 1. The van der Waals surface area contributed by atoms with Crippen molar-refractivity contribution >= 4 is 5.82 Å².